The molecule has 0 atom stereocenters. The molecule has 0 spiro atoms. The molecule has 0 fully saturated rings. The summed E-state index contributed by atoms with van der Waals surface area (Å²) in [5.74, 6) is 2.96. The molecule has 0 radical (unpaired) electrons. The summed E-state index contributed by atoms with van der Waals surface area (Å²) >= 11 is 0. The minimum Gasteiger partial charge on any atom is -0.494 e. The zero-order chi connectivity index (χ0) is 18.2. The maximum Gasteiger partial charge on any atom is 0.203 e. The smallest absolute Gasteiger partial charge is 0.203 e. The van der Waals surface area contributed by atoms with Gasteiger partial charge in [0.1, 0.15) is 5.75 Å². The van der Waals surface area contributed by atoms with Crippen LogP contribution in [-0.2, 0) is 0 Å². The molecule has 0 N–H and O–H groups in total. The molecule has 0 aromatic heterocycles. The highest BCUT2D eigenvalue weighted by Crippen LogP contribution is 2.39. The number of benzene rings is 2. The lowest BCUT2D eigenvalue weighted by Gasteiger charge is -2.15. The van der Waals surface area contributed by atoms with E-state index in [0.29, 0.717) is 23.9 Å². The highest BCUT2D eigenvalue weighted by Gasteiger charge is 2.13. The predicted molar refractivity (Wildman–Crippen MR) is 104 cm³/mol. The first kappa shape index (κ1) is 18.2. The monoisotopic (exact) mass is 354 g/mol. The van der Waals surface area contributed by atoms with Crippen LogP contribution >= 0.6 is 0 Å². The predicted octanol–water partition coefficient (Wildman–Crippen LogP) is 5.21. The summed E-state index contributed by atoms with van der Waals surface area (Å²) < 4.78 is 22.8. The van der Waals surface area contributed by atoms with Crippen LogP contribution in [0.5, 0.6) is 23.0 Å². The topological polar surface area (TPSA) is 36.9 Å². The van der Waals surface area contributed by atoms with Crippen LogP contribution in [0.2, 0.25) is 0 Å². The molecule has 4 bridgehead atoms. The van der Waals surface area contributed by atoms with Crippen LogP contribution in [0, 0.1) is 0 Å². The number of hydrogen-bond acceptors (Lipinski definition) is 4. The van der Waals surface area contributed by atoms with Gasteiger partial charge in [-0.3, -0.25) is 0 Å². The first-order chi connectivity index (χ1) is 12.8. The van der Waals surface area contributed by atoms with E-state index in [-0.39, 0.29) is 0 Å². The standard InChI is InChI=1S/C22H26O4/c1-23-20-15-18-8-7-17-9-11-19(12-10-17)25-13-5-3-4-6-14-26-22(20)21(16-18)24-2/h7-12,15-16H,3-6,13-14H2,1-2H3/b8-7-. The van der Waals surface area contributed by atoms with Gasteiger partial charge in [-0.15, -0.1) is 0 Å². The van der Waals surface area contributed by atoms with Crippen LogP contribution in [0.15, 0.2) is 36.4 Å². The molecule has 0 aliphatic carbocycles. The third-order valence-corrected chi connectivity index (χ3v) is 4.39. The lowest BCUT2D eigenvalue weighted by molar-refractivity contribution is 0.263. The molecular weight excluding hydrogens is 328 g/mol. The zero-order valence-corrected chi connectivity index (χ0v) is 15.5. The SMILES string of the molecule is COc1cc2cc(OC)c1OCCCCCCOc1ccc(cc1)/C=C\2. The van der Waals surface area contributed by atoms with Crippen molar-refractivity contribution in [3.05, 3.63) is 47.5 Å². The lowest BCUT2D eigenvalue weighted by atomic mass is 10.1. The minimum absolute atomic E-state index is 0.642. The second kappa shape index (κ2) is 9.18. The molecule has 0 amide bonds. The normalized spacial score (nSPS) is 16.1. The van der Waals surface area contributed by atoms with Gasteiger partial charge in [0.2, 0.25) is 5.75 Å². The summed E-state index contributed by atoms with van der Waals surface area (Å²) in [6, 6.07) is 12.1. The fourth-order valence-corrected chi connectivity index (χ4v) is 2.93. The Labute approximate surface area is 155 Å². The lowest BCUT2D eigenvalue weighted by Crippen LogP contribution is -2.03. The second-order valence-electron chi connectivity index (χ2n) is 6.27. The van der Waals surface area contributed by atoms with Gasteiger partial charge in [-0.05, 0) is 61.1 Å². The van der Waals surface area contributed by atoms with Crippen LogP contribution in [0.3, 0.4) is 0 Å². The Balaban J connectivity index is 1.92. The Bertz CT molecular complexity index is 709. The van der Waals surface area contributed by atoms with E-state index in [4.69, 9.17) is 18.9 Å². The third-order valence-electron chi connectivity index (χ3n) is 4.39. The Morgan fingerprint density at radius 3 is 1.88 bits per heavy atom. The van der Waals surface area contributed by atoms with E-state index in [1.807, 2.05) is 30.3 Å². The number of methoxy groups -OCH3 is 2. The Morgan fingerprint density at radius 1 is 0.692 bits per heavy atom. The Hall–Kier alpha value is -2.62. The molecule has 4 aliphatic heterocycles. The summed E-state index contributed by atoms with van der Waals surface area (Å²) in [5, 5.41) is 0. The minimum atomic E-state index is 0.642. The molecule has 0 saturated heterocycles. The molecule has 4 nitrogen and oxygen atoms in total. The molecule has 138 valence electrons. The van der Waals surface area contributed by atoms with Gasteiger partial charge < -0.3 is 18.9 Å². The van der Waals surface area contributed by atoms with Gasteiger partial charge in [-0.1, -0.05) is 24.3 Å². The molecule has 0 saturated carbocycles. The largest absolute Gasteiger partial charge is 0.494 e. The van der Waals surface area contributed by atoms with Crippen molar-refractivity contribution in [2.45, 2.75) is 25.7 Å². The van der Waals surface area contributed by atoms with Crippen LogP contribution < -0.4 is 18.9 Å². The van der Waals surface area contributed by atoms with E-state index in [0.717, 1.165) is 49.2 Å². The number of ether oxygens (including phenoxy) is 4. The van der Waals surface area contributed by atoms with Crippen molar-refractivity contribution in [1.29, 1.82) is 0 Å². The van der Waals surface area contributed by atoms with Crippen molar-refractivity contribution in [1.82, 2.24) is 0 Å². The zero-order valence-electron chi connectivity index (χ0n) is 15.5. The maximum absolute atomic E-state index is 5.96. The maximum atomic E-state index is 5.96. The highest BCUT2D eigenvalue weighted by molar-refractivity contribution is 5.72. The van der Waals surface area contributed by atoms with Gasteiger partial charge in [0.15, 0.2) is 11.5 Å². The number of hydrogen-bond donors (Lipinski definition) is 0. The first-order valence-corrected chi connectivity index (χ1v) is 9.10. The van der Waals surface area contributed by atoms with E-state index in [9.17, 15) is 0 Å². The van der Waals surface area contributed by atoms with Crippen molar-refractivity contribution in [3.8, 4) is 23.0 Å². The quantitative estimate of drug-likeness (QED) is 0.742. The van der Waals surface area contributed by atoms with Crippen molar-refractivity contribution in [2.75, 3.05) is 27.4 Å². The first-order valence-electron chi connectivity index (χ1n) is 9.10. The summed E-state index contributed by atoms with van der Waals surface area (Å²) in [4.78, 5) is 0. The van der Waals surface area contributed by atoms with Gasteiger partial charge in [0, 0.05) is 0 Å². The molecule has 4 heteroatoms. The van der Waals surface area contributed by atoms with Crippen molar-refractivity contribution in [3.63, 3.8) is 0 Å². The summed E-state index contributed by atoms with van der Waals surface area (Å²) in [6.45, 7) is 1.39. The van der Waals surface area contributed by atoms with E-state index >= 15 is 0 Å². The van der Waals surface area contributed by atoms with Crippen molar-refractivity contribution in [2.24, 2.45) is 0 Å². The van der Waals surface area contributed by atoms with E-state index in [1.165, 1.54) is 0 Å². The average molecular weight is 354 g/mol. The summed E-state index contributed by atoms with van der Waals surface area (Å²) in [7, 11) is 3.31. The van der Waals surface area contributed by atoms with Crippen molar-refractivity contribution >= 4 is 12.2 Å². The van der Waals surface area contributed by atoms with Gasteiger partial charge in [0.05, 0.1) is 27.4 Å². The second-order valence-corrected chi connectivity index (χ2v) is 6.27. The van der Waals surface area contributed by atoms with E-state index in [1.54, 1.807) is 14.2 Å². The van der Waals surface area contributed by atoms with Gasteiger partial charge in [0.25, 0.3) is 0 Å². The summed E-state index contributed by atoms with van der Waals surface area (Å²) in [6.07, 6.45) is 8.35. The molecule has 0 unspecified atom stereocenters. The fourth-order valence-electron chi connectivity index (χ4n) is 2.93. The third kappa shape index (κ3) is 4.72. The molecule has 2 aromatic carbocycles. The Kier molecular flexibility index (Phi) is 6.42. The molecule has 4 heterocycles. The van der Waals surface area contributed by atoms with E-state index < -0.39 is 0 Å². The van der Waals surface area contributed by atoms with E-state index in [2.05, 4.69) is 18.2 Å². The van der Waals surface area contributed by atoms with Crippen LogP contribution in [0.4, 0.5) is 0 Å². The molecule has 4 aliphatic rings. The molecule has 6 rings (SSSR count). The van der Waals surface area contributed by atoms with Crippen LogP contribution in [-0.4, -0.2) is 27.4 Å². The fraction of sp³-hybridized carbons (Fsp3) is 0.364. The molecular formula is C22H26O4. The molecule has 26 heavy (non-hydrogen) atoms. The van der Waals surface area contributed by atoms with Crippen LogP contribution in [0.25, 0.3) is 12.2 Å². The van der Waals surface area contributed by atoms with Gasteiger partial charge in [-0.2, -0.15) is 0 Å². The molecule has 2 aromatic rings. The van der Waals surface area contributed by atoms with Crippen LogP contribution in [0.1, 0.15) is 36.8 Å². The van der Waals surface area contributed by atoms with Gasteiger partial charge in [-0.25, -0.2) is 0 Å². The summed E-state index contributed by atoms with van der Waals surface area (Å²) in [5.41, 5.74) is 2.10. The number of rotatable bonds is 2. The van der Waals surface area contributed by atoms with Gasteiger partial charge >= 0.3 is 0 Å². The Morgan fingerprint density at radius 2 is 1.27 bits per heavy atom. The average Bonchev–Trinajstić information content (AvgIpc) is 2.68. The van der Waals surface area contributed by atoms with Crippen molar-refractivity contribution < 1.29 is 18.9 Å². The highest BCUT2D eigenvalue weighted by atomic mass is 16.5.